The minimum Gasteiger partial charge on any atom is -0.230 e. The Morgan fingerprint density at radius 3 is 2.53 bits per heavy atom. The Bertz CT molecular complexity index is 567. The molecule has 0 N–H and O–H groups in total. The summed E-state index contributed by atoms with van der Waals surface area (Å²) in [6, 6.07) is 5.26. The molecule has 17 heavy (non-hydrogen) atoms. The van der Waals surface area contributed by atoms with Crippen molar-refractivity contribution < 1.29 is 4.39 Å². The van der Waals surface area contributed by atoms with Crippen LogP contribution in [0.2, 0.25) is 10.2 Å². The Balaban J connectivity index is 2.61. The minimum absolute atomic E-state index is 0.194. The first kappa shape index (κ1) is 12.7. The molecule has 0 bridgehead atoms. The van der Waals surface area contributed by atoms with E-state index in [1.165, 1.54) is 6.92 Å². The van der Waals surface area contributed by atoms with Crippen molar-refractivity contribution in [2.24, 2.45) is 0 Å². The average molecular weight is 336 g/mol. The van der Waals surface area contributed by atoms with Gasteiger partial charge >= 0.3 is 0 Å². The van der Waals surface area contributed by atoms with Gasteiger partial charge in [-0.2, -0.15) is 0 Å². The Hall–Kier alpha value is -0.710. The molecule has 0 saturated heterocycles. The molecule has 1 aromatic heterocycles. The van der Waals surface area contributed by atoms with Crippen LogP contribution in [0, 0.1) is 12.7 Å². The van der Waals surface area contributed by atoms with Crippen LogP contribution in [-0.4, -0.2) is 9.97 Å². The fourth-order valence-corrected chi connectivity index (χ4v) is 2.29. The first-order chi connectivity index (χ1) is 7.99. The molecule has 1 aromatic carbocycles. The van der Waals surface area contributed by atoms with E-state index in [0.29, 0.717) is 16.4 Å². The highest BCUT2D eigenvalue weighted by Crippen LogP contribution is 2.29. The van der Waals surface area contributed by atoms with Crippen LogP contribution in [0.1, 0.15) is 5.69 Å². The van der Waals surface area contributed by atoms with Gasteiger partial charge in [0, 0.05) is 10.0 Å². The monoisotopic (exact) mass is 334 g/mol. The van der Waals surface area contributed by atoms with Gasteiger partial charge in [-0.3, -0.25) is 0 Å². The molecule has 0 spiro atoms. The second-order valence-corrected chi connectivity index (χ2v) is 5.04. The van der Waals surface area contributed by atoms with Crippen molar-refractivity contribution in [3.8, 4) is 11.4 Å². The van der Waals surface area contributed by atoms with Gasteiger partial charge in [0.1, 0.15) is 0 Å². The molecular weight excluding hydrogens is 330 g/mol. The number of aromatic nitrogens is 2. The van der Waals surface area contributed by atoms with E-state index in [1.54, 1.807) is 18.2 Å². The molecule has 88 valence electrons. The van der Waals surface area contributed by atoms with Gasteiger partial charge in [-0.25, -0.2) is 14.4 Å². The van der Waals surface area contributed by atoms with Crippen LogP contribution in [-0.2, 0) is 0 Å². The third-order valence-electron chi connectivity index (χ3n) is 2.15. The van der Waals surface area contributed by atoms with E-state index in [9.17, 15) is 4.39 Å². The lowest BCUT2D eigenvalue weighted by Crippen LogP contribution is -1.97. The van der Waals surface area contributed by atoms with Gasteiger partial charge in [0.25, 0.3) is 0 Å². The summed E-state index contributed by atoms with van der Waals surface area (Å²) < 4.78 is 14.1. The van der Waals surface area contributed by atoms with Crippen molar-refractivity contribution in [3.05, 3.63) is 44.4 Å². The number of rotatable bonds is 1. The maximum atomic E-state index is 13.3. The van der Waals surface area contributed by atoms with Crippen LogP contribution in [0.25, 0.3) is 11.4 Å². The standard InChI is InChI=1S/C11H6BrCl2FN2/c1-5-9(15)10(14)17-11(16-5)7-3-2-6(12)4-8(7)13/h2-4H,1H3. The molecular formula is C11H6BrCl2FN2. The molecule has 0 atom stereocenters. The van der Waals surface area contributed by atoms with Crippen molar-refractivity contribution in [3.63, 3.8) is 0 Å². The molecule has 2 nitrogen and oxygen atoms in total. The second kappa shape index (κ2) is 4.88. The third kappa shape index (κ3) is 2.59. The molecule has 0 aliphatic rings. The van der Waals surface area contributed by atoms with Crippen LogP contribution in [0.3, 0.4) is 0 Å². The normalized spacial score (nSPS) is 10.6. The quantitative estimate of drug-likeness (QED) is 0.708. The predicted octanol–water partition coefficient (Wildman–Crippen LogP) is 4.66. The molecule has 2 rings (SSSR count). The van der Waals surface area contributed by atoms with Crippen molar-refractivity contribution >= 4 is 39.1 Å². The van der Waals surface area contributed by atoms with Gasteiger partial charge < -0.3 is 0 Å². The number of nitrogens with zero attached hydrogens (tertiary/aromatic N) is 2. The summed E-state index contributed by atoms with van der Waals surface area (Å²) in [5, 5.41) is 0.271. The summed E-state index contributed by atoms with van der Waals surface area (Å²) in [6.07, 6.45) is 0. The maximum Gasteiger partial charge on any atom is 0.181 e. The van der Waals surface area contributed by atoms with Crippen LogP contribution in [0.15, 0.2) is 22.7 Å². The van der Waals surface area contributed by atoms with Crippen LogP contribution < -0.4 is 0 Å². The van der Waals surface area contributed by atoms with E-state index in [2.05, 4.69) is 25.9 Å². The first-order valence-corrected chi connectivity index (χ1v) is 6.19. The zero-order valence-corrected chi connectivity index (χ0v) is 11.7. The number of hydrogen-bond acceptors (Lipinski definition) is 2. The van der Waals surface area contributed by atoms with Gasteiger partial charge in [0.2, 0.25) is 0 Å². The van der Waals surface area contributed by atoms with E-state index in [-0.39, 0.29) is 10.8 Å². The second-order valence-electron chi connectivity index (χ2n) is 3.36. The smallest absolute Gasteiger partial charge is 0.181 e. The van der Waals surface area contributed by atoms with Gasteiger partial charge in [0.15, 0.2) is 16.8 Å². The molecule has 1 heterocycles. The molecule has 0 fully saturated rings. The Morgan fingerprint density at radius 1 is 1.24 bits per heavy atom. The van der Waals surface area contributed by atoms with Gasteiger partial charge in [-0.15, -0.1) is 0 Å². The zero-order valence-electron chi connectivity index (χ0n) is 8.64. The summed E-state index contributed by atoms with van der Waals surface area (Å²) in [7, 11) is 0. The van der Waals surface area contributed by atoms with E-state index >= 15 is 0 Å². The summed E-state index contributed by atoms with van der Waals surface area (Å²) in [6.45, 7) is 1.53. The SMILES string of the molecule is Cc1nc(-c2ccc(Br)cc2Cl)nc(Cl)c1F. The highest BCUT2D eigenvalue weighted by molar-refractivity contribution is 9.10. The van der Waals surface area contributed by atoms with Gasteiger partial charge in [0.05, 0.1) is 10.7 Å². The summed E-state index contributed by atoms with van der Waals surface area (Å²) in [5.41, 5.74) is 0.804. The van der Waals surface area contributed by atoms with E-state index in [4.69, 9.17) is 23.2 Å². The van der Waals surface area contributed by atoms with Crippen molar-refractivity contribution in [1.82, 2.24) is 9.97 Å². The summed E-state index contributed by atoms with van der Waals surface area (Å²) in [4.78, 5) is 7.90. The van der Waals surface area contributed by atoms with Gasteiger partial charge in [-0.05, 0) is 25.1 Å². The number of hydrogen-bond donors (Lipinski definition) is 0. The van der Waals surface area contributed by atoms with E-state index < -0.39 is 5.82 Å². The van der Waals surface area contributed by atoms with E-state index in [0.717, 1.165) is 4.47 Å². The van der Waals surface area contributed by atoms with Crippen molar-refractivity contribution in [1.29, 1.82) is 0 Å². The molecule has 6 heteroatoms. The fourth-order valence-electron chi connectivity index (χ4n) is 1.32. The fraction of sp³-hybridized carbons (Fsp3) is 0.0909. The number of benzene rings is 1. The molecule has 0 aliphatic heterocycles. The molecule has 0 radical (unpaired) electrons. The van der Waals surface area contributed by atoms with E-state index in [1.807, 2.05) is 0 Å². The lowest BCUT2D eigenvalue weighted by Gasteiger charge is -2.06. The number of aryl methyl sites for hydroxylation is 1. The number of halogens is 4. The van der Waals surface area contributed by atoms with Crippen molar-refractivity contribution in [2.75, 3.05) is 0 Å². The Morgan fingerprint density at radius 2 is 1.94 bits per heavy atom. The molecule has 0 aliphatic carbocycles. The predicted molar refractivity (Wildman–Crippen MR) is 69.9 cm³/mol. The van der Waals surface area contributed by atoms with Crippen molar-refractivity contribution in [2.45, 2.75) is 6.92 Å². The Kier molecular flexibility index (Phi) is 3.66. The maximum absolute atomic E-state index is 13.3. The first-order valence-electron chi connectivity index (χ1n) is 4.64. The molecule has 2 aromatic rings. The molecule has 0 unspecified atom stereocenters. The average Bonchev–Trinajstić information content (AvgIpc) is 2.25. The molecule has 0 amide bonds. The third-order valence-corrected chi connectivity index (χ3v) is 3.20. The Labute approximate surface area is 116 Å². The van der Waals surface area contributed by atoms with Gasteiger partial charge in [-0.1, -0.05) is 39.1 Å². The molecule has 0 saturated carbocycles. The van der Waals surface area contributed by atoms with Crippen LogP contribution in [0.5, 0.6) is 0 Å². The van der Waals surface area contributed by atoms with Crippen LogP contribution >= 0.6 is 39.1 Å². The summed E-state index contributed by atoms with van der Waals surface area (Å²) in [5.74, 6) is -0.296. The summed E-state index contributed by atoms with van der Waals surface area (Å²) >= 11 is 15.0. The minimum atomic E-state index is -0.608. The zero-order chi connectivity index (χ0) is 12.6. The van der Waals surface area contributed by atoms with Crippen LogP contribution in [0.4, 0.5) is 4.39 Å². The highest BCUT2D eigenvalue weighted by atomic mass is 79.9. The topological polar surface area (TPSA) is 25.8 Å². The highest BCUT2D eigenvalue weighted by Gasteiger charge is 2.13. The lowest BCUT2D eigenvalue weighted by atomic mass is 10.2. The largest absolute Gasteiger partial charge is 0.230 e. The lowest BCUT2D eigenvalue weighted by molar-refractivity contribution is 0.603.